The van der Waals surface area contributed by atoms with Crippen LogP contribution in [-0.4, -0.2) is 57.4 Å². The lowest BCUT2D eigenvalue weighted by Crippen LogP contribution is -2.30. The molecule has 0 saturated carbocycles. The zero-order valence-electron chi connectivity index (χ0n) is 14.3. The summed E-state index contributed by atoms with van der Waals surface area (Å²) in [6.07, 6.45) is 0. The molecule has 142 valence electrons. The molecule has 0 aliphatic carbocycles. The van der Waals surface area contributed by atoms with E-state index in [9.17, 15) is 18.0 Å². The lowest BCUT2D eigenvalue weighted by molar-refractivity contribution is 0.128. The molecule has 0 atom stereocenters. The fourth-order valence-corrected chi connectivity index (χ4v) is 1.76. The second kappa shape index (κ2) is 9.83. The number of ether oxygens (including phenoxy) is 3. The smallest absolute Gasteiger partial charge is 0.391 e. The number of methoxy groups -OCH3 is 3. The number of benzene rings is 1. The van der Waals surface area contributed by atoms with Crippen LogP contribution in [0.2, 0.25) is 0 Å². The predicted molar refractivity (Wildman–Crippen MR) is 87.2 cm³/mol. The van der Waals surface area contributed by atoms with Crippen molar-refractivity contribution >= 4 is 16.5 Å². The van der Waals surface area contributed by atoms with Gasteiger partial charge in [0.15, 0.2) is 0 Å². The topological polar surface area (TPSA) is 140 Å². The zero-order chi connectivity index (χ0) is 19.7. The lowest BCUT2D eigenvalue weighted by Gasteiger charge is -2.00. The molecule has 2 aromatic rings. The van der Waals surface area contributed by atoms with Crippen molar-refractivity contribution in [3.05, 3.63) is 34.7 Å². The summed E-state index contributed by atoms with van der Waals surface area (Å²) in [6, 6.07) is 5.76. The molecule has 0 spiro atoms. The molecule has 2 rings (SSSR count). The Hall–Kier alpha value is -3.35. The highest BCUT2D eigenvalue weighted by Crippen LogP contribution is 2.15. The number of hydrogen-bond donors (Lipinski definition) is 0. The third-order valence-corrected chi connectivity index (χ3v) is 3.01. The van der Waals surface area contributed by atoms with E-state index in [1.807, 2.05) is 24.3 Å². The molecular formula is C13H16N4O8S. The van der Waals surface area contributed by atoms with Crippen molar-refractivity contribution in [3.8, 4) is 17.5 Å². The second-order valence-electron chi connectivity index (χ2n) is 4.13. The molecule has 1 aromatic carbocycles. The molecule has 0 unspecified atom stereocenters. The fraction of sp³-hybridized carbons (Fsp3) is 0.308. The number of amides is 1. The number of nitrogens with zero attached hydrogens (tertiary/aromatic N) is 4. The third kappa shape index (κ3) is 5.34. The van der Waals surface area contributed by atoms with Gasteiger partial charge in [-0.25, -0.2) is 9.59 Å². The van der Waals surface area contributed by atoms with Gasteiger partial charge >= 0.3 is 28.2 Å². The van der Waals surface area contributed by atoms with Gasteiger partial charge in [-0.2, -0.15) is 8.42 Å². The average molecular weight is 388 g/mol. The number of carbonyl (C=O) groups excluding carboxylic acids is 1. The summed E-state index contributed by atoms with van der Waals surface area (Å²) in [6.45, 7) is 0. The quantitative estimate of drug-likeness (QED) is 0.699. The van der Waals surface area contributed by atoms with Crippen molar-refractivity contribution in [3.63, 3.8) is 0 Å². The van der Waals surface area contributed by atoms with Gasteiger partial charge in [0.25, 0.3) is 0 Å². The van der Waals surface area contributed by atoms with Crippen molar-refractivity contribution in [1.29, 1.82) is 0 Å². The van der Waals surface area contributed by atoms with Gasteiger partial charge in [-0.1, -0.05) is 9.09 Å². The monoisotopic (exact) mass is 388 g/mol. The van der Waals surface area contributed by atoms with Crippen molar-refractivity contribution in [1.82, 2.24) is 14.5 Å². The minimum atomic E-state index is -2.97. The highest BCUT2D eigenvalue weighted by molar-refractivity contribution is 7.62. The van der Waals surface area contributed by atoms with E-state index in [1.165, 1.54) is 7.11 Å². The van der Waals surface area contributed by atoms with Crippen LogP contribution >= 0.6 is 0 Å². The lowest BCUT2D eigenvalue weighted by atomic mass is 10.3. The first-order valence-electron chi connectivity index (χ1n) is 6.72. The van der Waals surface area contributed by atoms with E-state index in [0.717, 1.165) is 18.6 Å². The Morgan fingerprint density at radius 1 is 1.00 bits per heavy atom. The standard InChI is InChI=1S/C8H10O2.C5H6N4O6S/c1-9-7-3-5-8(10-2)6-4-7;1-14-4-6-8(3(10)7-16(12)13)5(11)9(4)15-2/h3-6H,1-2H3;1-2H3. The zero-order valence-corrected chi connectivity index (χ0v) is 15.1. The van der Waals surface area contributed by atoms with Crippen molar-refractivity contribution in [2.45, 2.75) is 0 Å². The number of carbonyl (C=O) groups is 1. The summed E-state index contributed by atoms with van der Waals surface area (Å²) in [7, 11) is 2.64. The maximum absolute atomic E-state index is 11.4. The van der Waals surface area contributed by atoms with E-state index in [0.29, 0.717) is 4.73 Å². The van der Waals surface area contributed by atoms with E-state index in [4.69, 9.17) is 9.47 Å². The van der Waals surface area contributed by atoms with Gasteiger partial charge in [-0.3, -0.25) is 0 Å². The van der Waals surface area contributed by atoms with Crippen LogP contribution in [0.15, 0.2) is 33.4 Å². The second-order valence-corrected chi connectivity index (χ2v) is 4.75. The molecule has 1 amide bonds. The van der Waals surface area contributed by atoms with Crippen LogP contribution in [0.4, 0.5) is 4.79 Å². The van der Waals surface area contributed by atoms with Gasteiger partial charge < -0.3 is 19.0 Å². The molecule has 26 heavy (non-hydrogen) atoms. The molecule has 0 saturated heterocycles. The van der Waals surface area contributed by atoms with Crippen LogP contribution < -0.4 is 24.7 Å². The maximum Gasteiger partial charge on any atom is 0.391 e. The maximum atomic E-state index is 11.4. The predicted octanol–water partition coefficient (Wildman–Crippen LogP) is -0.154. The number of hydrogen-bond acceptors (Lipinski definition) is 9. The Labute approximate surface area is 149 Å². The Morgan fingerprint density at radius 3 is 1.81 bits per heavy atom. The highest BCUT2D eigenvalue weighted by atomic mass is 32.2. The van der Waals surface area contributed by atoms with Gasteiger partial charge in [0, 0.05) is 0 Å². The number of rotatable bonds is 4. The van der Waals surface area contributed by atoms with E-state index >= 15 is 0 Å². The molecule has 0 aliphatic rings. The van der Waals surface area contributed by atoms with Crippen LogP contribution in [0, 0.1) is 0 Å². The summed E-state index contributed by atoms with van der Waals surface area (Å²) < 4.78 is 38.1. The molecule has 0 aliphatic heterocycles. The van der Waals surface area contributed by atoms with E-state index in [1.54, 1.807) is 14.2 Å². The van der Waals surface area contributed by atoms with Crippen LogP contribution in [0.5, 0.6) is 17.5 Å². The molecule has 1 aromatic heterocycles. The molecule has 13 heteroatoms. The fourth-order valence-electron chi connectivity index (χ4n) is 1.56. The molecule has 0 N–H and O–H groups in total. The normalized spacial score (nSPS) is 9.38. The Kier molecular flexibility index (Phi) is 7.82. The van der Waals surface area contributed by atoms with E-state index in [2.05, 4.69) is 19.0 Å². The first kappa shape index (κ1) is 20.7. The summed E-state index contributed by atoms with van der Waals surface area (Å²) in [5, 5.41) is 3.36. The van der Waals surface area contributed by atoms with Gasteiger partial charge in [0.05, 0.1) is 21.3 Å². The molecular weight excluding hydrogens is 372 g/mol. The van der Waals surface area contributed by atoms with E-state index in [-0.39, 0.29) is 10.7 Å². The van der Waals surface area contributed by atoms with Crippen molar-refractivity contribution in [2.75, 3.05) is 28.4 Å². The van der Waals surface area contributed by atoms with Crippen LogP contribution in [0.1, 0.15) is 0 Å². The molecule has 1 heterocycles. The van der Waals surface area contributed by atoms with Gasteiger partial charge in [0.1, 0.15) is 18.6 Å². The highest BCUT2D eigenvalue weighted by Gasteiger charge is 2.19. The summed E-state index contributed by atoms with van der Waals surface area (Å²) in [5.41, 5.74) is -1.03. The average Bonchev–Trinajstić information content (AvgIpc) is 2.97. The molecule has 0 bridgehead atoms. The number of aromatic nitrogens is 3. The molecule has 12 nitrogen and oxygen atoms in total. The largest absolute Gasteiger partial charge is 0.497 e. The van der Waals surface area contributed by atoms with Gasteiger partial charge in [-0.15, -0.1) is 9.78 Å². The van der Waals surface area contributed by atoms with Crippen LogP contribution in [0.25, 0.3) is 0 Å². The van der Waals surface area contributed by atoms with Crippen LogP contribution in [0.3, 0.4) is 0 Å². The minimum absolute atomic E-state index is 0.193. The molecule has 0 radical (unpaired) electrons. The first-order chi connectivity index (χ1) is 12.4. The Balaban J connectivity index is 0.000000289. The summed E-state index contributed by atoms with van der Waals surface area (Å²) in [4.78, 5) is 27.0. The summed E-state index contributed by atoms with van der Waals surface area (Å²) >= 11 is 0. The SMILES string of the molecule is COc1ccc(OC)cc1.COc1nn(C(=O)N=S(=O)=O)c(=O)n1OC. The first-order valence-corrected chi connectivity index (χ1v) is 7.75. The van der Waals surface area contributed by atoms with Crippen molar-refractivity contribution < 1.29 is 32.3 Å². The third-order valence-electron chi connectivity index (χ3n) is 2.71. The summed E-state index contributed by atoms with van der Waals surface area (Å²) in [5.74, 6) is 1.70. The van der Waals surface area contributed by atoms with Crippen LogP contribution in [-0.2, 0) is 10.5 Å². The van der Waals surface area contributed by atoms with Gasteiger partial charge in [0.2, 0.25) is 0 Å². The Morgan fingerprint density at radius 2 is 1.50 bits per heavy atom. The van der Waals surface area contributed by atoms with Gasteiger partial charge in [-0.05, 0) is 24.3 Å². The van der Waals surface area contributed by atoms with E-state index < -0.39 is 22.2 Å². The Bertz CT molecular complexity index is 899. The molecule has 0 fully saturated rings. The minimum Gasteiger partial charge on any atom is -0.497 e. The van der Waals surface area contributed by atoms with Crippen molar-refractivity contribution in [2.24, 2.45) is 4.36 Å².